The summed E-state index contributed by atoms with van der Waals surface area (Å²) in [7, 11) is 0. The van der Waals surface area contributed by atoms with Crippen LogP contribution in [0.5, 0.6) is 0 Å². The van der Waals surface area contributed by atoms with Crippen LogP contribution in [0.25, 0.3) is 0 Å². The van der Waals surface area contributed by atoms with Crippen LogP contribution in [0.3, 0.4) is 0 Å². The fraction of sp³-hybridized carbons (Fsp3) is 0.875. The van der Waals surface area contributed by atoms with Crippen molar-refractivity contribution in [3.8, 4) is 0 Å². The first kappa shape index (κ1) is 11.4. The van der Waals surface area contributed by atoms with Gasteiger partial charge in [0, 0.05) is 0 Å². The van der Waals surface area contributed by atoms with E-state index < -0.39 is 16.9 Å². The molecule has 4 heteroatoms. The summed E-state index contributed by atoms with van der Waals surface area (Å²) in [6, 6.07) is 0. The van der Waals surface area contributed by atoms with Gasteiger partial charge in [-0.05, 0) is 5.41 Å². The topological polar surface area (TPSA) is 83.5 Å². The minimum Gasteiger partial charge on any atom is -0.481 e. The summed E-state index contributed by atoms with van der Waals surface area (Å²) >= 11 is 0. The van der Waals surface area contributed by atoms with Crippen LogP contribution in [0.4, 0.5) is 0 Å². The zero-order chi connectivity index (χ0) is 9.99. The minimum atomic E-state index is -1.04. The highest BCUT2D eigenvalue weighted by molar-refractivity contribution is 5.68. The third kappa shape index (κ3) is 2.46. The first-order valence-corrected chi connectivity index (χ1v) is 3.84. The Morgan fingerprint density at radius 1 is 1.42 bits per heavy atom. The van der Waals surface area contributed by atoms with Crippen LogP contribution in [0.15, 0.2) is 0 Å². The number of aliphatic hydroxyl groups is 1. The second kappa shape index (κ2) is 3.41. The van der Waals surface area contributed by atoms with E-state index in [4.69, 9.17) is 15.9 Å². The smallest absolute Gasteiger partial charge is 0.305 e. The van der Waals surface area contributed by atoms with Gasteiger partial charge in [-0.1, -0.05) is 20.8 Å². The molecule has 4 N–H and O–H groups in total. The van der Waals surface area contributed by atoms with Gasteiger partial charge in [0.1, 0.15) is 0 Å². The van der Waals surface area contributed by atoms with E-state index in [1.807, 2.05) is 20.8 Å². The standard InChI is InChI=1S/C8H17NO3/c1-7(2,3)8(9,5-10)4-6(11)12/h10H,4-5,9H2,1-3H3,(H,11,12)/t8-/m1/s1. The largest absolute Gasteiger partial charge is 0.481 e. The van der Waals surface area contributed by atoms with Gasteiger partial charge in [-0.25, -0.2) is 0 Å². The Kier molecular flexibility index (Phi) is 3.24. The lowest BCUT2D eigenvalue weighted by atomic mass is 9.73. The van der Waals surface area contributed by atoms with Gasteiger partial charge >= 0.3 is 5.97 Å². The average Bonchev–Trinajstić information content (AvgIpc) is 1.83. The Bertz CT molecular complexity index is 174. The number of hydrogen-bond donors (Lipinski definition) is 3. The molecular weight excluding hydrogens is 158 g/mol. The Labute approximate surface area is 72.4 Å². The molecular formula is C8H17NO3. The van der Waals surface area contributed by atoms with E-state index in [-0.39, 0.29) is 13.0 Å². The lowest BCUT2D eigenvalue weighted by Gasteiger charge is -2.38. The van der Waals surface area contributed by atoms with E-state index in [0.29, 0.717) is 0 Å². The molecule has 0 bridgehead atoms. The van der Waals surface area contributed by atoms with Crippen molar-refractivity contribution in [2.75, 3.05) is 6.61 Å². The predicted molar refractivity (Wildman–Crippen MR) is 45.7 cm³/mol. The van der Waals surface area contributed by atoms with E-state index >= 15 is 0 Å². The number of nitrogens with two attached hydrogens (primary N) is 1. The van der Waals surface area contributed by atoms with E-state index in [2.05, 4.69) is 0 Å². The summed E-state index contributed by atoms with van der Waals surface area (Å²) in [5.41, 5.74) is 4.29. The van der Waals surface area contributed by atoms with Crippen molar-refractivity contribution in [2.45, 2.75) is 32.7 Å². The van der Waals surface area contributed by atoms with Crippen molar-refractivity contribution in [3.05, 3.63) is 0 Å². The summed E-state index contributed by atoms with van der Waals surface area (Å²) < 4.78 is 0. The van der Waals surface area contributed by atoms with Gasteiger partial charge in [-0.2, -0.15) is 0 Å². The maximum absolute atomic E-state index is 10.4. The first-order chi connectivity index (χ1) is 5.23. The number of rotatable bonds is 3. The summed E-state index contributed by atoms with van der Waals surface area (Å²) in [6.07, 6.45) is -0.215. The van der Waals surface area contributed by atoms with E-state index in [9.17, 15) is 4.79 Å². The third-order valence-corrected chi connectivity index (χ3v) is 2.24. The first-order valence-electron chi connectivity index (χ1n) is 3.84. The predicted octanol–water partition coefficient (Wildman–Crippen LogP) is 0.197. The van der Waals surface area contributed by atoms with E-state index in [1.165, 1.54) is 0 Å². The summed E-state index contributed by atoms with van der Waals surface area (Å²) in [6.45, 7) is 5.12. The molecule has 0 radical (unpaired) electrons. The highest BCUT2D eigenvalue weighted by Gasteiger charge is 2.39. The molecule has 4 nitrogen and oxygen atoms in total. The Balaban J connectivity index is 4.56. The second-order valence-corrected chi connectivity index (χ2v) is 4.13. The number of aliphatic hydroxyl groups excluding tert-OH is 1. The number of carbonyl (C=O) groups is 1. The van der Waals surface area contributed by atoms with Gasteiger partial charge in [0.15, 0.2) is 0 Å². The van der Waals surface area contributed by atoms with Gasteiger partial charge in [-0.3, -0.25) is 4.79 Å². The molecule has 0 unspecified atom stereocenters. The summed E-state index contributed by atoms with van der Waals surface area (Å²) in [5, 5.41) is 17.5. The number of carboxylic acid groups (broad SMARTS) is 1. The lowest BCUT2D eigenvalue weighted by Crippen LogP contribution is -2.55. The molecule has 0 rings (SSSR count). The van der Waals surface area contributed by atoms with E-state index in [1.54, 1.807) is 0 Å². The van der Waals surface area contributed by atoms with Crippen LogP contribution < -0.4 is 5.73 Å². The molecule has 12 heavy (non-hydrogen) atoms. The van der Waals surface area contributed by atoms with Crippen LogP contribution in [0.2, 0.25) is 0 Å². The van der Waals surface area contributed by atoms with Gasteiger partial charge in [0.2, 0.25) is 0 Å². The molecule has 0 aromatic heterocycles. The van der Waals surface area contributed by atoms with Crippen molar-refractivity contribution in [1.82, 2.24) is 0 Å². The SMILES string of the molecule is CC(C)(C)[C@](N)(CO)CC(=O)O. The van der Waals surface area contributed by atoms with Gasteiger partial charge < -0.3 is 15.9 Å². The molecule has 0 saturated heterocycles. The monoisotopic (exact) mass is 175 g/mol. The number of hydrogen-bond acceptors (Lipinski definition) is 3. The quantitative estimate of drug-likeness (QED) is 0.572. The highest BCUT2D eigenvalue weighted by atomic mass is 16.4. The van der Waals surface area contributed by atoms with Crippen LogP contribution in [0, 0.1) is 5.41 Å². The molecule has 72 valence electrons. The highest BCUT2D eigenvalue weighted by Crippen LogP contribution is 2.30. The Hall–Kier alpha value is -0.610. The molecule has 1 atom stereocenters. The van der Waals surface area contributed by atoms with Crippen LogP contribution in [-0.2, 0) is 4.79 Å². The maximum atomic E-state index is 10.4. The van der Waals surface area contributed by atoms with Crippen LogP contribution in [-0.4, -0.2) is 28.3 Å². The number of aliphatic carboxylic acids is 1. The van der Waals surface area contributed by atoms with Crippen molar-refractivity contribution < 1.29 is 15.0 Å². The zero-order valence-corrected chi connectivity index (χ0v) is 7.79. The van der Waals surface area contributed by atoms with Crippen molar-refractivity contribution in [3.63, 3.8) is 0 Å². The minimum absolute atomic E-state index is 0.215. The molecule has 0 aromatic rings. The summed E-state index contributed by atoms with van der Waals surface area (Å²) in [4.78, 5) is 10.4. The second-order valence-electron chi connectivity index (χ2n) is 4.13. The summed E-state index contributed by atoms with van der Waals surface area (Å²) in [5.74, 6) is -0.985. The van der Waals surface area contributed by atoms with Gasteiger partial charge in [-0.15, -0.1) is 0 Å². The van der Waals surface area contributed by atoms with Crippen LogP contribution >= 0.6 is 0 Å². The maximum Gasteiger partial charge on any atom is 0.305 e. The molecule has 0 heterocycles. The molecule has 0 saturated carbocycles. The van der Waals surface area contributed by atoms with Crippen molar-refractivity contribution in [2.24, 2.45) is 11.1 Å². The Morgan fingerprint density at radius 3 is 1.92 bits per heavy atom. The van der Waals surface area contributed by atoms with Gasteiger partial charge in [0.25, 0.3) is 0 Å². The van der Waals surface area contributed by atoms with E-state index in [0.717, 1.165) is 0 Å². The molecule has 0 fully saturated rings. The average molecular weight is 175 g/mol. The lowest BCUT2D eigenvalue weighted by molar-refractivity contribution is -0.140. The molecule has 0 spiro atoms. The number of carboxylic acids is 1. The molecule has 0 aliphatic heterocycles. The fourth-order valence-corrected chi connectivity index (χ4v) is 0.828. The fourth-order valence-electron chi connectivity index (χ4n) is 0.828. The normalized spacial score (nSPS) is 17.1. The van der Waals surface area contributed by atoms with Gasteiger partial charge in [0.05, 0.1) is 18.6 Å². The molecule has 0 aromatic carbocycles. The third-order valence-electron chi connectivity index (χ3n) is 2.24. The van der Waals surface area contributed by atoms with Crippen LogP contribution in [0.1, 0.15) is 27.2 Å². The molecule has 0 aliphatic rings. The van der Waals surface area contributed by atoms with Crippen molar-refractivity contribution >= 4 is 5.97 Å². The van der Waals surface area contributed by atoms with Crippen molar-refractivity contribution in [1.29, 1.82) is 0 Å². The molecule has 0 aliphatic carbocycles. The zero-order valence-electron chi connectivity index (χ0n) is 7.79. The Morgan fingerprint density at radius 2 is 1.83 bits per heavy atom. The molecule has 0 amide bonds.